The third kappa shape index (κ3) is 13.1. The van der Waals surface area contributed by atoms with Gasteiger partial charge in [-0.25, -0.2) is 19.9 Å². The number of guanidine groups is 1. The van der Waals surface area contributed by atoms with Gasteiger partial charge in [-0.3, -0.25) is 9.36 Å². The Kier molecular flexibility index (Phi) is 17.7. The Morgan fingerprint density at radius 3 is 1.47 bits per heavy atom. The van der Waals surface area contributed by atoms with Gasteiger partial charge < -0.3 is 14.7 Å². The fraction of sp³-hybridized carbons (Fsp3) is 0.296. The zero-order valence-corrected chi connectivity index (χ0v) is 45.2. The topological polar surface area (TPSA) is 169 Å². The van der Waals surface area contributed by atoms with Crippen LogP contribution in [-0.2, 0) is 40.2 Å². The van der Waals surface area contributed by atoms with E-state index in [-0.39, 0.29) is 20.6 Å². The molecule has 0 radical (unpaired) electrons. The van der Waals surface area contributed by atoms with E-state index in [1.54, 1.807) is 24.3 Å². The first-order valence-electron chi connectivity index (χ1n) is 23.5. The van der Waals surface area contributed by atoms with Gasteiger partial charge in [-0.1, -0.05) is 135 Å². The summed E-state index contributed by atoms with van der Waals surface area (Å²) in [5.41, 5.74) is 11.3. The Morgan fingerprint density at radius 1 is 0.589 bits per heavy atom. The molecule has 6 aromatic heterocycles. The molecule has 19 heteroatoms. The van der Waals surface area contributed by atoms with Crippen molar-refractivity contribution in [1.82, 2.24) is 44.4 Å². The lowest BCUT2D eigenvalue weighted by Crippen LogP contribution is -2.42. The van der Waals surface area contributed by atoms with E-state index in [9.17, 15) is 10.5 Å². The highest BCUT2D eigenvalue weighted by molar-refractivity contribution is 6.33. The molecule has 0 saturated carbocycles. The minimum absolute atomic E-state index is 0.250. The maximum atomic E-state index is 9.64. The van der Waals surface area contributed by atoms with Gasteiger partial charge in [0.1, 0.15) is 26.4 Å². The monoisotopic (exact) mass is 1050 g/mol. The summed E-state index contributed by atoms with van der Waals surface area (Å²) >= 11 is 24.9. The van der Waals surface area contributed by atoms with E-state index in [0.29, 0.717) is 67.5 Å². The van der Waals surface area contributed by atoms with Crippen LogP contribution in [0.4, 0.5) is 11.4 Å². The molecular formula is C54H55Cl4N15. The average Bonchev–Trinajstić information content (AvgIpc) is 3.80. The summed E-state index contributed by atoms with van der Waals surface area (Å²) < 4.78 is 3.64. The average molecular weight is 1060 g/mol. The van der Waals surface area contributed by atoms with Gasteiger partial charge in [0.25, 0.3) is 0 Å². The standard InChI is InChI=1S/C27H28Cl2N8.C27H27Cl2N7/c1-17(2)22-11-20(32-26-25(22)18(3)34-36(26)5)15-35(4)27(31-16-30)37(14-19-9-7-6-8-10-19)21-12-23(28)33-24(29)13-21;1-17(2)22-12-20(32-27-26(22)18(3)34-35(27)4)10-11-25(31-16-30)36(15-19-8-6-5-7-9-19)21-13-23(28)33-24(29)14-21/h6-13,17H,14-15H2,1-5H3;5-9,12-14,17H,10-11,15H2,1-4H3. The first-order valence-corrected chi connectivity index (χ1v) is 25.0. The van der Waals surface area contributed by atoms with E-state index in [2.05, 4.69) is 70.0 Å². The molecule has 0 aliphatic heterocycles. The number of anilines is 2. The molecule has 15 nitrogen and oxygen atoms in total. The number of halogens is 4. The zero-order valence-electron chi connectivity index (χ0n) is 42.1. The summed E-state index contributed by atoms with van der Waals surface area (Å²) in [5, 5.41) is 31.6. The molecule has 0 bridgehead atoms. The summed E-state index contributed by atoms with van der Waals surface area (Å²) in [4.78, 5) is 32.1. The molecule has 374 valence electrons. The summed E-state index contributed by atoms with van der Waals surface area (Å²) in [6, 6.07) is 31.0. The number of hydrogen-bond acceptors (Lipinski definition) is 10. The number of benzene rings is 2. The Morgan fingerprint density at radius 2 is 1.01 bits per heavy atom. The molecule has 8 rings (SSSR count). The van der Waals surface area contributed by atoms with E-state index < -0.39 is 0 Å². The van der Waals surface area contributed by atoms with E-state index in [1.807, 2.05) is 132 Å². The van der Waals surface area contributed by atoms with Crippen LogP contribution in [-0.4, -0.2) is 63.2 Å². The smallest absolute Gasteiger partial charge is 0.217 e. The third-order valence-electron chi connectivity index (χ3n) is 12.1. The minimum atomic E-state index is 0.250. The summed E-state index contributed by atoms with van der Waals surface area (Å²) in [5.74, 6) is 1.63. The third-order valence-corrected chi connectivity index (χ3v) is 12.8. The second-order valence-corrected chi connectivity index (χ2v) is 19.7. The SMILES string of the molecule is Cc1nn(C)c2nc(CCC(=NC#N)N(Cc3ccccc3)c3cc(Cl)nc(Cl)c3)cc(C(C)C)c12.Cc1nn(C)c2nc(CN(C)C(=NC#N)N(Cc3ccccc3)c3cc(Cl)nc(Cl)c3)cc(C(C)C)c12. The Labute approximate surface area is 446 Å². The lowest BCUT2D eigenvalue weighted by Gasteiger charge is -2.32. The first-order chi connectivity index (χ1) is 34.9. The fourth-order valence-electron chi connectivity index (χ4n) is 8.80. The Balaban J connectivity index is 0.000000214. The van der Waals surface area contributed by atoms with Gasteiger partial charge >= 0.3 is 0 Å². The number of hydrogen-bond donors (Lipinski definition) is 0. The highest BCUT2D eigenvalue weighted by atomic mass is 35.5. The predicted molar refractivity (Wildman–Crippen MR) is 294 cm³/mol. The number of aliphatic imine (C=N–C) groups is 2. The summed E-state index contributed by atoms with van der Waals surface area (Å²) in [7, 11) is 5.70. The number of aromatic nitrogens is 8. The largest absolute Gasteiger partial charge is 0.339 e. The van der Waals surface area contributed by atoms with Crippen molar-refractivity contribution in [1.29, 1.82) is 10.5 Å². The lowest BCUT2D eigenvalue weighted by molar-refractivity contribution is 0.480. The molecule has 0 aliphatic rings. The van der Waals surface area contributed by atoms with Gasteiger partial charge in [0.2, 0.25) is 18.3 Å². The molecule has 0 atom stereocenters. The maximum Gasteiger partial charge on any atom is 0.217 e. The normalized spacial score (nSPS) is 11.7. The number of rotatable bonds is 13. The molecule has 0 unspecified atom stereocenters. The van der Waals surface area contributed by atoms with Crippen molar-refractivity contribution in [3.63, 3.8) is 0 Å². The van der Waals surface area contributed by atoms with Crippen LogP contribution >= 0.6 is 46.4 Å². The number of fused-ring (bicyclic) bond motifs is 2. The van der Waals surface area contributed by atoms with Crippen LogP contribution in [0.2, 0.25) is 20.6 Å². The van der Waals surface area contributed by atoms with Gasteiger partial charge in [0.05, 0.1) is 35.9 Å². The number of aryl methyl sites for hydroxylation is 5. The number of nitriles is 2. The molecule has 0 aliphatic carbocycles. The van der Waals surface area contributed by atoms with Gasteiger partial charge in [0.15, 0.2) is 11.3 Å². The van der Waals surface area contributed by atoms with Crippen LogP contribution in [0.1, 0.15) is 91.0 Å². The molecule has 0 fully saturated rings. The molecule has 8 aromatic rings. The molecule has 0 N–H and O–H groups in total. The first kappa shape index (κ1) is 53.7. The second kappa shape index (κ2) is 24.1. The maximum absolute atomic E-state index is 9.64. The van der Waals surface area contributed by atoms with Crippen molar-refractivity contribution in [2.75, 3.05) is 16.8 Å². The molecule has 0 saturated heterocycles. The van der Waals surface area contributed by atoms with Crippen molar-refractivity contribution < 1.29 is 0 Å². The fourth-order valence-corrected chi connectivity index (χ4v) is 9.70. The highest BCUT2D eigenvalue weighted by Gasteiger charge is 2.24. The summed E-state index contributed by atoms with van der Waals surface area (Å²) in [6.07, 6.45) is 5.02. The Bertz CT molecular complexity index is 3350. The van der Waals surface area contributed by atoms with E-state index in [4.69, 9.17) is 56.4 Å². The molecular weight excluding hydrogens is 1000 g/mol. The van der Waals surface area contributed by atoms with Crippen molar-refractivity contribution in [2.24, 2.45) is 24.1 Å². The number of pyridine rings is 4. The van der Waals surface area contributed by atoms with Gasteiger partial charge in [-0.15, -0.1) is 4.99 Å². The molecule has 0 amide bonds. The van der Waals surface area contributed by atoms with Crippen LogP contribution in [0, 0.1) is 36.8 Å². The minimum Gasteiger partial charge on any atom is -0.339 e. The van der Waals surface area contributed by atoms with Crippen LogP contribution in [0.15, 0.2) is 107 Å². The van der Waals surface area contributed by atoms with Crippen LogP contribution in [0.3, 0.4) is 0 Å². The quantitative estimate of drug-likeness (QED) is 0.0466. The van der Waals surface area contributed by atoms with E-state index in [1.165, 1.54) is 11.1 Å². The van der Waals surface area contributed by atoms with Gasteiger partial charge in [0, 0.05) is 56.3 Å². The predicted octanol–water partition coefficient (Wildman–Crippen LogP) is 12.7. The Hall–Kier alpha value is -7.14. The molecule has 0 spiro atoms. The zero-order chi connectivity index (χ0) is 52.5. The van der Waals surface area contributed by atoms with Crippen LogP contribution in [0.25, 0.3) is 22.1 Å². The highest BCUT2D eigenvalue weighted by Crippen LogP contribution is 2.32. The second-order valence-electron chi connectivity index (χ2n) is 18.1. The van der Waals surface area contributed by atoms with Crippen molar-refractivity contribution in [2.45, 2.75) is 85.9 Å². The summed E-state index contributed by atoms with van der Waals surface area (Å²) in [6.45, 7) is 14.0. The van der Waals surface area contributed by atoms with Crippen molar-refractivity contribution in [3.8, 4) is 12.4 Å². The molecule has 6 heterocycles. The van der Waals surface area contributed by atoms with Gasteiger partial charge in [-0.05, 0) is 90.8 Å². The van der Waals surface area contributed by atoms with Crippen molar-refractivity contribution in [3.05, 3.63) is 163 Å². The van der Waals surface area contributed by atoms with Crippen LogP contribution in [0.5, 0.6) is 0 Å². The molecule has 2 aromatic carbocycles. The van der Waals surface area contributed by atoms with Crippen LogP contribution < -0.4 is 9.80 Å². The van der Waals surface area contributed by atoms with Crippen molar-refractivity contribution >= 4 is 91.6 Å². The number of amidine groups is 1. The van der Waals surface area contributed by atoms with E-state index in [0.717, 1.165) is 56.0 Å². The van der Waals surface area contributed by atoms with Gasteiger partial charge in [-0.2, -0.15) is 25.7 Å². The number of nitrogens with zero attached hydrogens (tertiary/aromatic N) is 15. The lowest BCUT2D eigenvalue weighted by atomic mass is 9.98. The van der Waals surface area contributed by atoms with E-state index >= 15 is 0 Å². The molecule has 73 heavy (non-hydrogen) atoms.